The zero-order valence-electron chi connectivity index (χ0n) is 14.7. The van der Waals surface area contributed by atoms with Crippen molar-refractivity contribution in [2.75, 3.05) is 6.54 Å². The quantitative estimate of drug-likeness (QED) is 0.653. The molecule has 4 rings (SSSR count). The van der Waals surface area contributed by atoms with Gasteiger partial charge in [0.05, 0.1) is 12.1 Å². The second-order valence-corrected chi connectivity index (χ2v) is 7.91. The third-order valence-corrected chi connectivity index (χ3v) is 5.94. The van der Waals surface area contributed by atoms with Crippen LogP contribution in [0.5, 0.6) is 0 Å². The van der Waals surface area contributed by atoms with Crippen LogP contribution in [0.4, 0.5) is 0 Å². The van der Waals surface area contributed by atoms with Crippen molar-refractivity contribution in [3.05, 3.63) is 86.8 Å². The Morgan fingerprint density at radius 1 is 1.15 bits per heavy atom. The Kier molecular flexibility index (Phi) is 5.53. The van der Waals surface area contributed by atoms with E-state index in [9.17, 15) is 4.79 Å². The molecule has 2 unspecified atom stereocenters. The maximum atomic E-state index is 12.9. The lowest BCUT2D eigenvalue weighted by atomic mass is 9.98. The van der Waals surface area contributed by atoms with E-state index in [1.807, 2.05) is 60.0 Å². The van der Waals surface area contributed by atoms with E-state index in [1.54, 1.807) is 11.3 Å². The summed E-state index contributed by atoms with van der Waals surface area (Å²) < 4.78 is 0. The van der Waals surface area contributed by atoms with E-state index in [1.165, 1.54) is 0 Å². The summed E-state index contributed by atoms with van der Waals surface area (Å²) in [6, 6.07) is 17.5. The second-order valence-electron chi connectivity index (χ2n) is 6.59. The van der Waals surface area contributed by atoms with Crippen LogP contribution in [-0.4, -0.2) is 17.4 Å². The summed E-state index contributed by atoms with van der Waals surface area (Å²) in [6.45, 7) is 1.01. The molecule has 1 aromatic heterocycles. The molecule has 2 N–H and O–H groups in total. The number of benzene rings is 2. The summed E-state index contributed by atoms with van der Waals surface area (Å²) in [4.78, 5) is 17.5. The highest BCUT2D eigenvalue weighted by Gasteiger charge is 2.23. The third-order valence-electron chi connectivity index (χ3n) is 4.72. The summed E-state index contributed by atoms with van der Waals surface area (Å²) in [7, 11) is 0. The van der Waals surface area contributed by atoms with Crippen LogP contribution in [0.3, 0.4) is 0 Å². The van der Waals surface area contributed by atoms with E-state index in [0.717, 1.165) is 35.5 Å². The highest BCUT2D eigenvalue weighted by molar-refractivity contribution is 7.09. The predicted molar refractivity (Wildman–Crippen MR) is 109 cm³/mol. The van der Waals surface area contributed by atoms with E-state index < -0.39 is 0 Å². The summed E-state index contributed by atoms with van der Waals surface area (Å²) in [5, 5.41) is 10.1. The summed E-state index contributed by atoms with van der Waals surface area (Å²) in [5.41, 5.74) is 2.46. The van der Waals surface area contributed by atoms with Gasteiger partial charge in [-0.15, -0.1) is 11.3 Å². The Hall–Kier alpha value is -2.21. The van der Waals surface area contributed by atoms with E-state index in [4.69, 9.17) is 11.6 Å². The largest absolute Gasteiger partial charge is 0.340 e. The standard InChI is InChI=1S/C21H20ClN3OS/c22-16-10-8-15(9-11-16)19(14-5-2-1-3-6-14)25-20(26)18-13-27-21(24-18)17-7-4-12-23-17/h1-3,5-6,8-11,13,17,19,23H,4,7,12H2,(H,25,26). The fraction of sp³-hybridized carbons (Fsp3) is 0.238. The number of carbonyl (C=O) groups excluding carboxylic acids is 1. The van der Waals surface area contributed by atoms with Crippen LogP contribution in [-0.2, 0) is 0 Å². The molecule has 1 aliphatic heterocycles. The minimum atomic E-state index is -0.259. The number of amides is 1. The number of rotatable bonds is 5. The molecule has 27 heavy (non-hydrogen) atoms. The molecule has 1 amide bonds. The molecule has 2 aromatic carbocycles. The Morgan fingerprint density at radius 3 is 2.59 bits per heavy atom. The minimum absolute atomic E-state index is 0.167. The van der Waals surface area contributed by atoms with Gasteiger partial charge in [-0.2, -0.15) is 0 Å². The smallest absolute Gasteiger partial charge is 0.271 e. The van der Waals surface area contributed by atoms with Crippen molar-refractivity contribution < 1.29 is 4.79 Å². The summed E-state index contributed by atoms with van der Waals surface area (Å²) in [6.07, 6.45) is 2.23. The molecule has 0 radical (unpaired) electrons. The van der Waals surface area contributed by atoms with Crippen LogP contribution in [0.2, 0.25) is 5.02 Å². The van der Waals surface area contributed by atoms with Crippen molar-refractivity contribution in [2.24, 2.45) is 0 Å². The van der Waals surface area contributed by atoms with Gasteiger partial charge in [-0.1, -0.05) is 54.1 Å². The predicted octanol–water partition coefficient (Wildman–Crippen LogP) is 4.74. The first-order valence-corrected chi connectivity index (χ1v) is 10.3. The number of thiazole rings is 1. The molecule has 138 valence electrons. The monoisotopic (exact) mass is 397 g/mol. The molecule has 0 spiro atoms. The molecule has 4 nitrogen and oxygen atoms in total. The average molecular weight is 398 g/mol. The van der Waals surface area contributed by atoms with Crippen molar-refractivity contribution in [1.29, 1.82) is 0 Å². The topological polar surface area (TPSA) is 54.0 Å². The highest BCUT2D eigenvalue weighted by atomic mass is 35.5. The van der Waals surface area contributed by atoms with Crippen LogP contribution < -0.4 is 10.6 Å². The van der Waals surface area contributed by atoms with Crippen LogP contribution in [0, 0.1) is 0 Å². The molecule has 2 atom stereocenters. The van der Waals surface area contributed by atoms with Crippen molar-refractivity contribution >= 4 is 28.8 Å². The Morgan fingerprint density at radius 2 is 1.89 bits per heavy atom. The maximum absolute atomic E-state index is 12.9. The average Bonchev–Trinajstić information content (AvgIpc) is 3.39. The summed E-state index contributed by atoms with van der Waals surface area (Å²) >= 11 is 7.57. The van der Waals surface area contributed by atoms with Crippen LogP contribution in [0.1, 0.15) is 51.5 Å². The Balaban J connectivity index is 1.57. The first-order valence-electron chi connectivity index (χ1n) is 9.01. The molecule has 0 aliphatic carbocycles. The van der Waals surface area contributed by atoms with Crippen molar-refractivity contribution in [3.8, 4) is 0 Å². The zero-order chi connectivity index (χ0) is 18.6. The van der Waals surface area contributed by atoms with Gasteiger partial charge in [0, 0.05) is 10.4 Å². The molecule has 6 heteroatoms. The Labute approximate surface area is 167 Å². The third kappa shape index (κ3) is 4.21. The molecular weight excluding hydrogens is 378 g/mol. The summed E-state index contributed by atoms with van der Waals surface area (Å²) in [5.74, 6) is -0.167. The number of nitrogens with zero attached hydrogens (tertiary/aromatic N) is 1. The fourth-order valence-electron chi connectivity index (χ4n) is 3.31. The number of hydrogen-bond acceptors (Lipinski definition) is 4. The molecule has 1 aliphatic rings. The number of halogens is 1. The number of aromatic nitrogens is 1. The molecule has 3 aromatic rings. The molecule has 0 bridgehead atoms. The first-order chi connectivity index (χ1) is 13.2. The molecule has 1 saturated heterocycles. The number of nitrogens with one attached hydrogen (secondary N) is 2. The van der Waals surface area contributed by atoms with Gasteiger partial charge in [0.1, 0.15) is 10.7 Å². The lowest BCUT2D eigenvalue weighted by Crippen LogP contribution is -2.29. The molecule has 2 heterocycles. The van der Waals surface area contributed by atoms with Crippen LogP contribution >= 0.6 is 22.9 Å². The fourth-order valence-corrected chi connectivity index (χ4v) is 4.35. The highest BCUT2D eigenvalue weighted by Crippen LogP contribution is 2.27. The molecular formula is C21H20ClN3OS. The van der Waals surface area contributed by atoms with Gasteiger partial charge >= 0.3 is 0 Å². The van der Waals surface area contributed by atoms with Crippen molar-refractivity contribution in [2.45, 2.75) is 24.9 Å². The van der Waals surface area contributed by atoms with Gasteiger partial charge in [-0.25, -0.2) is 4.98 Å². The van der Waals surface area contributed by atoms with Gasteiger partial charge in [0.25, 0.3) is 5.91 Å². The maximum Gasteiger partial charge on any atom is 0.271 e. The normalized spacial score (nSPS) is 17.6. The van der Waals surface area contributed by atoms with Gasteiger partial charge in [0.15, 0.2) is 0 Å². The van der Waals surface area contributed by atoms with E-state index >= 15 is 0 Å². The van der Waals surface area contributed by atoms with Gasteiger partial charge < -0.3 is 10.6 Å². The number of carbonyl (C=O) groups is 1. The number of hydrogen-bond donors (Lipinski definition) is 2. The SMILES string of the molecule is O=C(NC(c1ccccc1)c1ccc(Cl)cc1)c1csc(C2CCCN2)n1. The molecule has 0 saturated carbocycles. The molecule has 1 fully saturated rings. The van der Waals surface area contributed by atoms with Crippen molar-refractivity contribution in [3.63, 3.8) is 0 Å². The van der Waals surface area contributed by atoms with Gasteiger partial charge in [-0.05, 0) is 42.6 Å². The Bertz CT molecular complexity index is 905. The minimum Gasteiger partial charge on any atom is -0.340 e. The lowest BCUT2D eigenvalue weighted by molar-refractivity contribution is 0.0938. The second kappa shape index (κ2) is 8.21. The van der Waals surface area contributed by atoms with E-state index in [-0.39, 0.29) is 18.0 Å². The van der Waals surface area contributed by atoms with Crippen LogP contribution in [0.15, 0.2) is 60.0 Å². The zero-order valence-corrected chi connectivity index (χ0v) is 16.3. The van der Waals surface area contributed by atoms with Crippen LogP contribution in [0.25, 0.3) is 0 Å². The van der Waals surface area contributed by atoms with Gasteiger partial charge in [0.2, 0.25) is 0 Å². The van der Waals surface area contributed by atoms with Crippen molar-refractivity contribution in [1.82, 2.24) is 15.6 Å². The first kappa shape index (κ1) is 18.2. The lowest BCUT2D eigenvalue weighted by Gasteiger charge is -2.19. The van der Waals surface area contributed by atoms with E-state index in [2.05, 4.69) is 15.6 Å². The van der Waals surface area contributed by atoms with Gasteiger partial charge in [-0.3, -0.25) is 4.79 Å². The van der Waals surface area contributed by atoms with E-state index in [0.29, 0.717) is 10.7 Å².